The number of anilines is 1. The number of rotatable bonds is 2. The summed E-state index contributed by atoms with van der Waals surface area (Å²) in [5, 5.41) is 2.75. The van der Waals surface area contributed by atoms with Crippen molar-refractivity contribution in [3.8, 4) is 5.69 Å². The molecule has 0 fully saturated rings. The molecular weight excluding hydrogens is 375 g/mol. The SMILES string of the molecule is Nc1c(SC(F)(F)F)cnn1-c1c(F)cc(C(F)(F)F)cc1Cl. The van der Waals surface area contributed by atoms with Crippen molar-refractivity contribution >= 4 is 29.2 Å². The molecule has 0 unspecified atom stereocenters. The molecule has 23 heavy (non-hydrogen) atoms. The van der Waals surface area contributed by atoms with Crippen LogP contribution in [0.25, 0.3) is 5.69 Å². The number of hydrogen-bond acceptors (Lipinski definition) is 3. The van der Waals surface area contributed by atoms with E-state index in [0.29, 0.717) is 16.9 Å². The van der Waals surface area contributed by atoms with Crippen LogP contribution in [0.2, 0.25) is 5.02 Å². The van der Waals surface area contributed by atoms with E-state index in [1.165, 1.54) is 0 Å². The Morgan fingerprint density at radius 2 is 1.74 bits per heavy atom. The lowest BCUT2D eigenvalue weighted by atomic mass is 10.2. The van der Waals surface area contributed by atoms with Gasteiger partial charge in [-0.2, -0.15) is 31.4 Å². The fourth-order valence-electron chi connectivity index (χ4n) is 1.66. The van der Waals surface area contributed by atoms with Gasteiger partial charge in [0.1, 0.15) is 11.5 Å². The Labute approximate surface area is 133 Å². The molecule has 0 amide bonds. The molecule has 0 aliphatic heterocycles. The Kier molecular flexibility index (Phi) is 4.46. The van der Waals surface area contributed by atoms with Crippen molar-refractivity contribution in [2.24, 2.45) is 0 Å². The molecule has 2 rings (SSSR count). The van der Waals surface area contributed by atoms with Crippen LogP contribution in [0.4, 0.5) is 36.6 Å². The fourth-order valence-corrected chi connectivity index (χ4v) is 2.48. The summed E-state index contributed by atoms with van der Waals surface area (Å²) >= 11 is 5.01. The van der Waals surface area contributed by atoms with Gasteiger partial charge in [-0.15, -0.1) is 0 Å². The minimum Gasteiger partial charge on any atom is -0.383 e. The molecule has 2 aromatic rings. The van der Waals surface area contributed by atoms with Crippen LogP contribution in [0.5, 0.6) is 0 Å². The minimum atomic E-state index is -4.84. The number of halogens is 8. The first-order chi connectivity index (χ1) is 10.4. The maximum absolute atomic E-state index is 13.9. The van der Waals surface area contributed by atoms with Gasteiger partial charge in [0.15, 0.2) is 5.82 Å². The summed E-state index contributed by atoms with van der Waals surface area (Å²) < 4.78 is 89.0. The Balaban J connectivity index is 2.52. The minimum absolute atomic E-state index is 0.152. The van der Waals surface area contributed by atoms with Crippen LogP contribution in [0.1, 0.15) is 5.56 Å². The average molecular weight is 380 g/mol. The summed E-state index contributed by atoms with van der Waals surface area (Å²) in [5.41, 5.74) is -1.25. The number of nitrogens with zero attached hydrogens (tertiary/aromatic N) is 2. The van der Waals surface area contributed by atoms with Gasteiger partial charge in [0.05, 0.1) is 21.7 Å². The molecule has 0 atom stereocenters. The molecular formula is C11H5ClF7N3S. The van der Waals surface area contributed by atoms with Gasteiger partial charge in [0, 0.05) is 0 Å². The van der Waals surface area contributed by atoms with Crippen LogP contribution in [-0.2, 0) is 6.18 Å². The molecule has 0 saturated carbocycles. The molecule has 0 bridgehead atoms. The maximum atomic E-state index is 13.9. The van der Waals surface area contributed by atoms with Crippen molar-refractivity contribution in [2.45, 2.75) is 16.6 Å². The van der Waals surface area contributed by atoms with Crippen molar-refractivity contribution < 1.29 is 30.7 Å². The first-order valence-corrected chi connectivity index (χ1v) is 6.75. The standard InChI is InChI=1S/C11H5ClF7N3S/c12-5-1-4(10(14,15)16)2-6(13)8(5)22-9(20)7(3-21-22)23-11(17,18)19/h1-3H,20H2. The lowest BCUT2D eigenvalue weighted by Crippen LogP contribution is -2.10. The van der Waals surface area contributed by atoms with E-state index in [2.05, 4.69) is 5.10 Å². The second-order valence-corrected chi connectivity index (χ2v) is 5.65. The predicted octanol–water partition coefficient (Wildman–Crippen LogP) is 4.88. The number of benzene rings is 1. The van der Waals surface area contributed by atoms with Gasteiger partial charge in [-0.3, -0.25) is 0 Å². The Hall–Kier alpha value is -1.62. The van der Waals surface area contributed by atoms with E-state index in [1.54, 1.807) is 0 Å². The normalized spacial score (nSPS) is 12.7. The van der Waals surface area contributed by atoms with E-state index >= 15 is 0 Å². The quantitative estimate of drug-likeness (QED) is 0.597. The highest BCUT2D eigenvalue weighted by molar-refractivity contribution is 8.00. The van der Waals surface area contributed by atoms with E-state index in [4.69, 9.17) is 17.3 Å². The van der Waals surface area contributed by atoms with Crippen LogP contribution in [0.15, 0.2) is 23.2 Å². The molecule has 1 aromatic carbocycles. The zero-order valence-electron chi connectivity index (χ0n) is 10.6. The molecule has 0 spiro atoms. The number of thioether (sulfide) groups is 1. The Bertz CT molecular complexity index is 715. The second-order valence-electron chi connectivity index (χ2n) is 4.14. The predicted molar refractivity (Wildman–Crippen MR) is 69.9 cm³/mol. The number of alkyl halides is 6. The highest BCUT2D eigenvalue weighted by Gasteiger charge is 2.34. The van der Waals surface area contributed by atoms with Gasteiger partial charge >= 0.3 is 11.7 Å². The second kappa shape index (κ2) is 5.78. The van der Waals surface area contributed by atoms with E-state index < -0.39 is 56.3 Å². The topological polar surface area (TPSA) is 43.8 Å². The summed E-state index contributed by atoms with van der Waals surface area (Å²) in [6.45, 7) is 0. The molecule has 126 valence electrons. The molecule has 3 nitrogen and oxygen atoms in total. The van der Waals surface area contributed by atoms with Gasteiger partial charge in [0.25, 0.3) is 0 Å². The largest absolute Gasteiger partial charge is 0.446 e. The van der Waals surface area contributed by atoms with Crippen LogP contribution < -0.4 is 5.73 Å². The van der Waals surface area contributed by atoms with Crippen molar-refractivity contribution in [3.05, 3.63) is 34.7 Å². The van der Waals surface area contributed by atoms with Gasteiger partial charge < -0.3 is 5.73 Å². The van der Waals surface area contributed by atoms with E-state index in [9.17, 15) is 30.7 Å². The van der Waals surface area contributed by atoms with Crippen molar-refractivity contribution in [3.63, 3.8) is 0 Å². The Morgan fingerprint density at radius 1 is 1.13 bits per heavy atom. The number of hydrogen-bond donors (Lipinski definition) is 1. The summed E-state index contributed by atoms with van der Waals surface area (Å²) in [4.78, 5) is -0.534. The van der Waals surface area contributed by atoms with Crippen molar-refractivity contribution in [2.75, 3.05) is 5.73 Å². The average Bonchev–Trinajstić information content (AvgIpc) is 2.68. The van der Waals surface area contributed by atoms with Crippen LogP contribution in [0.3, 0.4) is 0 Å². The number of aromatic nitrogens is 2. The summed E-state index contributed by atoms with van der Waals surface area (Å²) in [6.07, 6.45) is -4.13. The van der Waals surface area contributed by atoms with Gasteiger partial charge in [0.2, 0.25) is 0 Å². The smallest absolute Gasteiger partial charge is 0.383 e. The van der Waals surface area contributed by atoms with E-state index in [-0.39, 0.29) is 6.07 Å². The van der Waals surface area contributed by atoms with Crippen molar-refractivity contribution in [1.29, 1.82) is 0 Å². The molecule has 2 N–H and O–H groups in total. The summed E-state index contributed by atoms with van der Waals surface area (Å²) in [7, 11) is 0. The number of nitrogen functional groups attached to an aromatic ring is 1. The zero-order chi connectivity index (χ0) is 17.6. The van der Waals surface area contributed by atoms with Gasteiger partial charge in [-0.1, -0.05) is 11.6 Å². The molecule has 0 aliphatic rings. The maximum Gasteiger partial charge on any atom is 0.446 e. The van der Waals surface area contributed by atoms with Crippen LogP contribution >= 0.6 is 23.4 Å². The molecule has 0 saturated heterocycles. The highest BCUT2D eigenvalue weighted by Crippen LogP contribution is 2.41. The summed E-state index contributed by atoms with van der Waals surface area (Å²) in [5.74, 6) is -2.03. The lowest BCUT2D eigenvalue weighted by Gasteiger charge is -2.12. The third kappa shape index (κ3) is 3.83. The third-order valence-corrected chi connectivity index (χ3v) is 3.61. The highest BCUT2D eigenvalue weighted by atomic mass is 35.5. The molecule has 1 heterocycles. The number of nitrogens with two attached hydrogens (primary N) is 1. The molecule has 12 heteroatoms. The first-order valence-electron chi connectivity index (χ1n) is 5.56. The summed E-state index contributed by atoms with van der Waals surface area (Å²) in [6, 6.07) is 0.580. The van der Waals surface area contributed by atoms with Crippen LogP contribution in [0, 0.1) is 5.82 Å². The first kappa shape index (κ1) is 17.7. The fraction of sp³-hybridized carbons (Fsp3) is 0.182. The molecule has 1 aromatic heterocycles. The van der Waals surface area contributed by atoms with Gasteiger partial charge in [-0.25, -0.2) is 9.07 Å². The Morgan fingerprint density at radius 3 is 2.22 bits per heavy atom. The van der Waals surface area contributed by atoms with E-state index in [0.717, 1.165) is 0 Å². The third-order valence-electron chi connectivity index (χ3n) is 2.55. The lowest BCUT2D eigenvalue weighted by molar-refractivity contribution is -0.137. The zero-order valence-corrected chi connectivity index (χ0v) is 12.2. The molecule has 0 aliphatic carbocycles. The van der Waals surface area contributed by atoms with E-state index in [1.807, 2.05) is 0 Å². The van der Waals surface area contributed by atoms with Gasteiger partial charge in [-0.05, 0) is 23.9 Å². The van der Waals surface area contributed by atoms with Crippen molar-refractivity contribution in [1.82, 2.24) is 9.78 Å². The van der Waals surface area contributed by atoms with Crippen LogP contribution in [-0.4, -0.2) is 15.3 Å². The monoisotopic (exact) mass is 379 g/mol. The molecule has 0 radical (unpaired) electrons.